The van der Waals surface area contributed by atoms with E-state index in [0.717, 1.165) is 18.4 Å². The molecule has 1 aliphatic carbocycles. The largest absolute Gasteiger partial charge is 0.460 e. The Kier molecular flexibility index (Phi) is 23.6. The van der Waals surface area contributed by atoms with Crippen molar-refractivity contribution in [1.29, 1.82) is 0 Å². The molecule has 3 aliphatic heterocycles. The van der Waals surface area contributed by atoms with Gasteiger partial charge in [0.15, 0.2) is 5.78 Å². The van der Waals surface area contributed by atoms with Crippen LogP contribution in [0.4, 0.5) is 0 Å². The molecule has 0 aromatic rings. The average molecular weight is 972 g/mol. The Balaban J connectivity index is 1.69. The first-order valence-corrected chi connectivity index (χ1v) is 25.4. The van der Waals surface area contributed by atoms with Crippen molar-refractivity contribution in [1.82, 2.24) is 4.90 Å². The van der Waals surface area contributed by atoms with Crippen LogP contribution in [0.3, 0.4) is 0 Å². The Bertz CT molecular complexity index is 1830. The highest BCUT2D eigenvalue weighted by Crippen LogP contribution is 2.38. The SMILES string of the molecule is COCCO[C@@H]1CC[C@@H](C[C@@H](C)[C@@H]2CC(=O)[C@H](C)/C=C(\C)[C@@H](O)[C@@H](OC)C(=O)[C@H](C)C[C@H](C)/C=C/C=C/C=C(\C)[C@@H](OC)C[C@@H]3CC[C@@H](C)[C@@](O)(O3)C(=O)C(=O)N3CCCC[C@H]3C(=O)O2)C[C@H]1OC. The average Bonchev–Trinajstić information content (AvgIpc) is 3.33. The van der Waals surface area contributed by atoms with E-state index in [4.69, 9.17) is 33.2 Å². The first-order valence-electron chi connectivity index (χ1n) is 25.4. The van der Waals surface area contributed by atoms with Crippen LogP contribution in [0, 0.1) is 35.5 Å². The maximum absolute atomic E-state index is 14.5. The van der Waals surface area contributed by atoms with Crippen molar-refractivity contribution in [3.05, 3.63) is 47.6 Å². The molecular formula is C54H85NO14. The predicted octanol–water partition coefficient (Wildman–Crippen LogP) is 6.85. The molecule has 69 heavy (non-hydrogen) atoms. The molecule has 0 radical (unpaired) electrons. The van der Waals surface area contributed by atoms with E-state index in [1.807, 2.05) is 58.1 Å². The molecule has 2 saturated heterocycles. The molecule has 4 aliphatic rings. The molecule has 0 aromatic carbocycles. The molecule has 0 unspecified atom stereocenters. The summed E-state index contributed by atoms with van der Waals surface area (Å²) in [5.41, 5.74) is 1.28. The molecule has 3 fully saturated rings. The summed E-state index contributed by atoms with van der Waals surface area (Å²) in [5.74, 6) is -7.83. The molecule has 3 heterocycles. The number of Topliss-reactive ketones (excluding diaryl/α,β-unsaturated/α-hetero) is 3. The Hall–Kier alpha value is -3.41. The number of aliphatic hydroxyl groups is 2. The Morgan fingerprint density at radius 1 is 0.826 bits per heavy atom. The van der Waals surface area contributed by atoms with Gasteiger partial charge in [0.1, 0.15) is 30.1 Å². The Morgan fingerprint density at radius 3 is 2.25 bits per heavy atom. The minimum absolute atomic E-state index is 0.0197. The van der Waals surface area contributed by atoms with Gasteiger partial charge in [0.25, 0.3) is 11.7 Å². The van der Waals surface area contributed by atoms with E-state index in [1.54, 1.807) is 48.2 Å². The normalized spacial score (nSPS) is 38.8. The number of ketones is 3. The van der Waals surface area contributed by atoms with Gasteiger partial charge in [0.05, 0.1) is 37.6 Å². The monoisotopic (exact) mass is 972 g/mol. The molecular weight excluding hydrogens is 887 g/mol. The molecule has 1 saturated carbocycles. The van der Waals surface area contributed by atoms with Crippen molar-refractivity contribution >= 4 is 29.2 Å². The van der Waals surface area contributed by atoms with E-state index in [9.17, 15) is 34.2 Å². The van der Waals surface area contributed by atoms with Crippen LogP contribution >= 0.6 is 0 Å². The standard InChI is InChI=1S/C54H85NO14/c1-33-17-13-12-14-18-34(2)45(64-9)31-41-22-20-39(7)54(62,69-41)51(59)52(60)55-24-16-15-19-42(55)53(61)68-46(36(4)29-40-21-23-44(47(30-40)65-10)67-26-25-63-8)32-43(56)35(3)28-38(6)49(58)50(66-11)48(57)37(5)27-33/h12-14,17-18,28,33,35-37,39-42,44-47,49-50,58,62H,15-16,19-27,29-32H2,1-11H3/b14-12+,17-13+,34-18+,38-28+/t33-,35-,36-,37-,39-,40+,41+,42+,44-,45+,46+,47-,49-,50+,54-/m1/s1. The maximum atomic E-state index is 14.5. The molecule has 0 aromatic heterocycles. The second kappa shape index (κ2) is 28.0. The lowest BCUT2D eigenvalue weighted by Crippen LogP contribution is -2.61. The summed E-state index contributed by atoms with van der Waals surface area (Å²) in [6.07, 6.45) is 12.4. The predicted molar refractivity (Wildman–Crippen MR) is 261 cm³/mol. The van der Waals surface area contributed by atoms with Crippen molar-refractivity contribution in [2.75, 3.05) is 48.2 Å². The van der Waals surface area contributed by atoms with Gasteiger partial charge in [-0.05, 0) is 107 Å². The molecule has 4 rings (SSSR count). The zero-order valence-electron chi connectivity index (χ0n) is 43.4. The smallest absolute Gasteiger partial charge is 0.329 e. The second-order valence-electron chi connectivity index (χ2n) is 20.4. The van der Waals surface area contributed by atoms with E-state index in [1.165, 1.54) is 12.0 Å². The molecule has 15 heteroatoms. The zero-order valence-corrected chi connectivity index (χ0v) is 43.4. The van der Waals surface area contributed by atoms with Gasteiger partial charge in [-0.15, -0.1) is 0 Å². The van der Waals surface area contributed by atoms with Gasteiger partial charge in [-0.1, -0.05) is 71.1 Å². The van der Waals surface area contributed by atoms with Crippen LogP contribution in [-0.4, -0.2) is 147 Å². The van der Waals surface area contributed by atoms with Crippen molar-refractivity contribution in [2.45, 2.75) is 180 Å². The third kappa shape index (κ3) is 16.0. The van der Waals surface area contributed by atoms with Crippen LogP contribution in [0.2, 0.25) is 0 Å². The number of rotatable bonds is 10. The lowest BCUT2D eigenvalue weighted by Gasteiger charge is -2.42. The van der Waals surface area contributed by atoms with Crippen molar-refractivity contribution in [2.24, 2.45) is 35.5 Å². The number of piperidine rings is 1. The molecule has 2 bridgehead atoms. The van der Waals surface area contributed by atoms with Gasteiger partial charge in [-0.2, -0.15) is 0 Å². The van der Waals surface area contributed by atoms with E-state index >= 15 is 0 Å². The van der Waals surface area contributed by atoms with Gasteiger partial charge in [-0.25, -0.2) is 4.79 Å². The maximum Gasteiger partial charge on any atom is 0.329 e. The molecule has 390 valence electrons. The number of nitrogens with zero attached hydrogens (tertiary/aromatic N) is 1. The van der Waals surface area contributed by atoms with Crippen LogP contribution < -0.4 is 0 Å². The number of carbonyl (C=O) groups excluding carboxylic acids is 5. The zero-order chi connectivity index (χ0) is 51.0. The second-order valence-corrected chi connectivity index (χ2v) is 20.4. The summed E-state index contributed by atoms with van der Waals surface area (Å²) < 4.78 is 41.1. The van der Waals surface area contributed by atoms with Gasteiger partial charge in [0.2, 0.25) is 5.79 Å². The van der Waals surface area contributed by atoms with Crippen LogP contribution in [0.25, 0.3) is 0 Å². The molecule has 15 atom stereocenters. The fourth-order valence-corrected chi connectivity index (χ4v) is 10.6. The summed E-state index contributed by atoms with van der Waals surface area (Å²) in [6, 6.07) is -1.14. The van der Waals surface area contributed by atoms with Gasteiger partial charge >= 0.3 is 5.97 Å². The number of allylic oxidation sites excluding steroid dienone is 6. The summed E-state index contributed by atoms with van der Waals surface area (Å²) in [6.45, 7) is 13.8. The number of ether oxygens (including phenoxy) is 7. The Morgan fingerprint density at radius 2 is 1.57 bits per heavy atom. The number of hydrogen-bond donors (Lipinski definition) is 2. The van der Waals surface area contributed by atoms with Crippen molar-refractivity contribution in [3.8, 4) is 0 Å². The number of carbonyl (C=O) groups is 5. The summed E-state index contributed by atoms with van der Waals surface area (Å²) in [7, 11) is 6.26. The molecule has 1 amide bonds. The Labute approximate surface area is 411 Å². The van der Waals surface area contributed by atoms with Gasteiger partial charge < -0.3 is 48.3 Å². The topological polar surface area (TPSA) is 194 Å². The minimum Gasteiger partial charge on any atom is -0.460 e. The van der Waals surface area contributed by atoms with E-state index in [-0.39, 0.29) is 60.9 Å². The van der Waals surface area contributed by atoms with E-state index in [0.29, 0.717) is 70.2 Å². The summed E-state index contributed by atoms with van der Waals surface area (Å²) in [5, 5.41) is 23.5. The fourth-order valence-electron chi connectivity index (χ4n) is 10.6. The number of methoxy groups -OCH3 is 4. The first kappa shape index (κ1) is 58.2. The third-order valence-corrected chi connectivity index (χ3v) is 15.1. The summed E-state index contributed by atoms with van der Waals surface area (Å²) in [4.78, 5) is 72.3. The number of amides is 1. The van der Waals surface area contributed by atoms with Crippen LogP contribution in [0.1, 0.15) is 126 Å². The lowest BCUT2D eigenvalue weighted by atomic mass is 9.78. The molecule has 2 N–H and O–H groups in total. The highest BCUT2D eigenvalue weighted by atomic mass is 16.6. The van der Waals surface area contributed by atoms with Crippen molar-refractivity contribution in [3.63, 3.8) is 0 Å². The van der Waals surface area contributed by atoms with E-state index in [2.05, 4.69) is 0 Å². The van der Waals surface area contributed by atoms with Crippen LogP contribution in [-0.2, 0) is 57.1 Å². The van der Waals surface area contributed by atoms with E-state index < -0.39 is 77.8 Å². The first-order chi connectivity index (χ1) is 32.8. The van der Waals surface area contributed by atoms with Gasteiger partial charge in [0, 0.05) is 65.6 Å². The third-order valence-electron chi connectivity index (χ3n) is 15.1. The number of hydrogen-bond acceptors (Lipinski definition) is 14. The number of aliphatic hydroxyl groups excluding tert-OH is 1. The van der Waals surface area contributed by atoms with Crippen LogP contribution in [0.15, 0.2) is 47.6 Å². The highest BCUT2D eigenvalue weighted by Gasteiger charge is 2.53. The molecule has 15 nitrogen and oxygen atoms in total. The quantitative estimate of drug-likeness (QED) is 0.0999. The number of fused-ring (bicyclic) bond motifs is 3. The fraction of sp³-hybridized carbons (Fsp3) is 0.759. The number of cyclic esters (lactones) is 1. The highest BCUT2D eigenvalue weighted by molar-refractivity contribution is 6.39. The molecule has 0 spiro atoms. The number of esters is 1. The minimum atomic E-state index is -2.43. The summed E-state index contributed by atoms with van der Waals surface area (Å²) >= 11 is 0. The van der Waals surface area contributed by atoms with Crippen LogP contribution in [0.5, 0.6) is 0 Å². The van der Waals surface area contributed by atoms with Gasteiger partial charge in [-0.3, -0.25) is 19.2 Å². The van der Waals surface area contributed by atoms with Crippen molar-refractivity contribution < 1.29 is 67.3 Å². The lowest BCUT2D eigenvalue weighted by molar-refractivity contribution is -0.265.